The van der Waals surface area contributed by atoms with Gasteiger partial charge in [0.1, 0.15) is 0 Å². The average Bonchev–Trinajstić information content (AvgIpc) is 3.08. The molecule has 6 nitrogen and oxygen atoms in total. The first kappa shape index (κ1) is 23.4. The van der Waals surface area contributed by atoms with Crippen LogP contribution in [0, 0.1) is 5.92 Å². The summed E-state index contributed by atoms with van der Waals surface area (Å²) in [7, 11) is -3.57. The fourth-order valence-electron chi connectivity index (χ4n) is 2.55. The predicted molar refractivity (Wildman–Crippen MR) is 107 cm³/mol. The van der Waals surface area contributed by atoms with Crippen molar-refractivity contribution in [2.24, 2.45) is 10.9 Å². The molecular formula is C14H22F3IN4O2S2. The van der Waals surface area contributed by atoms with Crippen LogP contribution in [0.1, 0.15) is 17.7 Å². The molecule has 0 aliphatic carbocycles. The normalized spacial score (nSPS) is 17.6. The summed E-state index contributed by atoms with van der Waals surface area (Å²) in [5, 5.41) is 8.28. The van der Waals surface area contributed by atoms with Crippen molar-refractivity contribution in [1.29, 1.82) is 0 Å². The van der Waals surface area contributed by atoms with Gasteiger partial charge in [0.05, 0.1) is 6.54 Å². The van der Waals surface area contributed by atoms with E-state index in [1.807, 2.05) is 17.5 Å². The number of nitrogens with one attached hydrogen (secondary N) is 2. The molecule has 12 heteroatoms. The summed E-state index contributed by atoms with van der Waals surface area (Å²) >= 11 is 1.63. The van der Waals surface area contributed by atoms with E-state index >= 15 is 0 Å². The summed E-state index contributed by atoms with van der Waals surface area (Å²) in [4.78, 5) is 5.26. The second-order valence-electron chi connectivity index (χ2n) is 5.68. The first-order chi connectivity index (χ1) is 11.7. The zero-order valence-electron chi connectivity index (χ0n) is 14.1. The largest absolute Gasteiger partial charge is 0.511 e. The molecule has 0 unspecified atom stereocenters. The van der Waals surface area contributed by atoms with Gasteiger partial charge in [-0.25, -0.2) is 8.42 Å². The second kappa shape index (κ2) is 10.1. The van der Waals surface area contributed by atoms with Gasteiger partial charge in [-0.05, 0) is 30.2 Å². The molecule has 0 amide bonds. The Hall–Kier alpha value is -0.600. The van der Waals surface area contributed by atoms with Crippen LogP contribution in [0.3, 0.4) is 0 Å². The van der Waals surface area contributed by atoms with Crippen molar-refractivity contribution < 1.29 is 21.6 Å². The van der Waals surface area contributed by atoms with E-state index in [0.717, 1.165) is 4.88 Å². The van der Waals surface area contributed by atoms with Gasteiger partial charge in [-0.1, -0.05) is 6.07 Å². The maximum Gasteiger partial charge on any atom is 0.511 e. The molecule has 1 aliphatic rings. The first-order valence-electron chi connectivity index (χ1n) is 7.77. The van der Waals surface area contributed by atoms with E-state index in [-0.39, 0.29) is 43.0 Å². The van der Waals surface area contributed by atoms with Gasteiger partial charge in [-0.3, -0.25) is 4.99 Å². The third kappa shape index (κ3) is 6.23. The SMILES string of the molecule is CN=C(NCc1cccs1)NCC1CCN(S(=O)(=O)C(F)(F)F)CC1.I. The molecule has 2 heterocycles. The highest BCUT2D eigenvalue weighted by atomic mass is 127. The van der Waals surface area contributed by atoms with Gasteiger partial charge in [0, 0.05) is 31.6 Å². The van der Waals surface area contributed by atoms with Crippen LogP contribution >= 0.6 is 35.3 Å². The zero-order chi connectivity index (χ0) is 18.5. The van der Waals surface area contributed by atoms with Crippen LogP contribution < -0.4 is 10.6 Å². The van der Waals surface area contributed by atoms with Crippen molar-refractivity contribution >= 4 is 51.3 Å². The average molecular weight is 526 g/mol. The standard InChI is InChI=1S/C14H21F3N4O2S2.HI/c1-18-13(20-10-12-3-2-8-24-12)19-9-11-4-6-21(7-5-11)25(22,23)14(15,16)17;/h2-3,8,11H,4-7,9-10H2,1H3,(H2,18,19,20);1H. The van der Waals surface area contributed by atoms with Crippen LogP contribution in [-0.4, -0.2) is 50.9 Å². The van der Waals surface area contributed by atoms with E-state index < -0.39 is 15.5 Å². The number of piperidine rings is 1. The van der Waals surface area contributed by atoms with Gasteiger partial charge < -0.3 is 10.6 Å². The number of hydrogen-bond donors (Lipinski definition) is 2. The molecule has 1 aromatic rings. The Labute approximate surface area is 172 Å². The van der Waals surface area contributed by atoms with Crippen molar-refractivity contribution in [3.63, 3.8) is 0 Å². The summed E-state index contributed by atoms with van der Waals surface area (Å²) in [5.41, 5.74) is -5.23. The zero-order valence-corrected chi connectivity index (χ0v) is 18.1. The summed E-state index contributed by atoms with van der Waals surface area (Å²) in [5.74, 6) is 0.707. The molecule has 2 N–H and O–H groups in total. The molecule has 0 aromatic carbocycles. The smallest absolute Gasteiger partial charge is 0.356 e. The van der Waals surface area contributed by atoms with Gasteiger partial charge in [0.2, 0.25) is 0 Å². The minimum absolute atomic E-state index is 0. The number of rotatable bonds is 5. The van der Waals surface area contributed by atoms with Crippen LogP contribution in [0.4, 0.5) is 13.2 Å². The van der Waals surface area contributed by atoms with Crippen LogP contribution in [0.2, 0.25) is 0 Å². The number of alkyl halides is 3. The lowest BCUT2D eigenvalue weighted by atomic mass is 9.98. The van der Waals surface area contributed by atoms with E-state index in [0.29, 0.717) is 36.2 Å². The molecule has 150 valence electrons. The number of nitrogens with zero attached hydrogens (tertiary/aromatic N) is 2. The number of hydrogen-bond acceptors (Lipinski definition) is 4. The Morgan fingerprint density at radius 2 is 2.00 bits per heavy atom. The van der Waals surface area contributed by atoms with Gasteiger partial charge in [0.15, 0.2) is 5.96 Å². The van der Waals surface area contributed by atoms with E-state index in [2.05, 4.69) is 15.6 Å². The summed E-state index contributed by atoms with van der Waals surface area (Å²) in [6, 6.07) is 3.96. The van der Waals surface area contributed by atoms with Gasteiger partial charge in [-0.2, -0.15) is 17.5 Å². The minimum atomic E-state index is -5.23. The lowest BCUT2D eigenvalue weighted by Crippen LogP contribution is -2.47. The maximum atomic E-state index is 12.6. The number of aliphatic imine (C=N–C) groups is 1. The van der Waals surface area contributed by atoms with E-state index in [1.165, 1.54) is 0 Å². The molecule has 2 rings (SSSR count). The molecule has 1 aromatic heterocycles. The van der Waals surface area contributed by atoms with E-state index in [9.17, 15) is 21.6 Å². The second-order valence-corrected chi connectivity index (χ2v) is 8.64. The number of halogens is 4. The van der Waals surface area contributed by atoms with Gasteiger partial charge in [0.25, 0.3) is 0 Å². The Kier molecular flexibility index (Phi) is 9.09. The van der Waals surface area contributed by atoms with Gasteiger partial charge in [-0.15, -0.1) is 35.3 Å². The molecule has 0 atom stereocenters. The summed E-state index contributed by atoms with van der Waals surface area (Å²) in [6.07, 6.45) is 0.758. The highest BCUT2D eigenvalue weighted by molar-refractivity contribution is 14.0. The Balaban J connectivity index is 0.00000338. The fraction of sp³-hybridized carbons (Fsp3) is 0.643. The summed E-state index contributed by atoms with van der Waals surface area (Å²) in [6.45, 7) is 0.939. The number of guanidine groups is 1. The van der Waals surface area contributed by atoms with E-state index in [1.54, 1.807) is 18.4 Å². The molecule has 0 saturated carbocycles. The lowest BCUT2D eigenvalue weighted by molar-refractivity contribution is -0.0496. The molecule has 0 spiro atoms. The maximum absolute atomic E-state index is 12.6. The topological polar surface area (TPSA) is 73.8 Å². The van der Waals surface area contributed by atoms with Gasteiger partial charge >= 0.3 is 15.5 Å². The molecule has 1 fully saturated rings. The van der Waals surface area contributed by atoms with Crippen molar-refractivity contribution in [1.82, 2.24) is 14.9 Å². The van der Waals surface area contributed by atoms with Crippen LogP contribution in [-0.2, 0) is 16.6 Å². The summed E-state index contributed by atoms with van der Waals surface area (Å²) < 4.78 is 60.9. The van der Waals surface area contributed by atoms with Crippen molar-refractivity contribution in [3.8, 4) is 0 Å². The quantitative estimate of drug-likeness (QED) is 0.352. The fourth-order valence-corrected chi connectivity index (χ4v) is 4.17. The Morgan fingerprint density at radius 1 is 1.35 bits per heavy atom. The van der Waals surface area contributed by atoms with Crippen LogP contribution in [0.15, 0.2) is 22.5 Å². The first-order valence-corrected chi connectivity index (χ1v) is 10.1. The third-order valence-electron chi connectivity index (χ3n) is 4.00. The van der Waals surface area contributed by atoms with E-state index in [4.69, 9.17) is 0 Å². The number of thiophene rings is 1. The predicted octanol–water partition coefficient (Wildman–Crippen LogP) is 2.59. The minimum Gasteiger partial charge on any atom is -0.356 e. The highest BCUT2D eigenvalue weighted by Gasteiger charge is 2.50. The Bertz CT molecular complexity index is 673. The molecular weight excluding hydrogens is 504 g/mol. The number of sulfonamides is 1. The molecule has 26 heavy (non-hydrogen) atoms. The molecule has 1 saturated heterocycles. The van der Waals surface area contributed by atoms with Crippen LogP contribution in [0.25, 0.3) is 0 Å². The molecule has 0 bridgehead atoms. The highest BCUT2D eigenvalue weighted by Crippen LogP contribution is 2.30. The molecule has 1 aliphatic heterocycles. The monoisotopic (exact) mass is 526 g/mol. The third-order valence-corrected chi connectivity index (χ3v) is 6.50. The van der Waals surface area contributed by atoms with Crippen molar-refractivity contribution in [2.45, 2.75) is 24.9 Å². The molecule has 0 radical (unpaired) electrons. The van der Waals surface area contributed by atoms with Crippen molar-refractivity contribution in [3.05, 3.63) is 22.4 Å². The van der Waals surface area contributed by atoms with Crippen molar-refractivity contribution in [2.75, 3.05) is 26.7 Å². The van der Waals surface area contributed by atoms with Crippen LogP contribution in [0.5, 0.6) is 0 Å². The lowest BCUT2D eigenvalue weighted by Gasteiger charge is -2.31. The Morgan fingerprint density at radius 3 is 2.50 bits per heavy atom.